The maximum Gasteiger partial charge on any atom is 0.343 e. The molecule has 0 amide bonds. The topological polar surface area (TPSA) is 44.8 Å². The van der Waals surface area contributed by atoms with Crippen LogP contribution >= 0.6 is 0 Å². The predicted molar refractivity (Wildman–Crippen MR) is 87.6 cm³/mol. The number of esters is 1. The zero-order chi connectivity index (χ0) is 16.2. The van der Waals surface area contributed by atoms with Crippen LogP contribution < -0.4 is 14.2 Å². The van der Waals surface area contributed by atoms with Crippen molar-refractivity contribution in [2.75, 3.05) is 14.2 Å². The van der Waals surface area contributed by atoms with Crippen LogP contribution in [0.3, 0.4) is 0 Å². The number of methoxy groups -OCH3 is 2. The monoisotopic (exact) mass is 312 g/mol. The lowest BCUT2D eigenvalue weighted by Gasteiger charge is -2.16. The van der Waals surface area contributed by atoms with E-state index in [-0.39, 0.29) is 0 Å². The molecule has 0 aliphatic heterocycles. The molecule has 0 heterocycles. The van der Waals surface area contributed by atoms with E-state index < -0.39 is 5.97 Å². The largest absolute Gasteiger partial charge is 0.497 e. The molecule has 120 valence electrons. The second kappa shape index (κ2) is 6.73. The Balaban J connectivity index is 1.81. The number of aryl methyl sites for hydroxylation is 2. The number of rotatable bonds is 4. The number of carbonyl (C=O) groups is 1. The Kier molecular flexibility index (Phi) is 4.51. The zero-order valence-corrected chi connectivity index (χ0v) is 13.4. The third-order valence-electron chi connectivity index (χ3n) is 4.12. The molecule has 2 aromatic carbocycles. The van der Waals surface area contributed by atoms with Gasteiger partial charge in [0, 0.05) is 6.07 Å². The molecule has 23 heavy (non-hydrogen) atoms. The Morgan fingerprint density at radius 2 is 1.48 bits per heavy atom. The maximum absolute atomic E-state index is 12.4. The van der Waals surface area contributed by atoms with E-state index in [1.807, 2.05) is 12.1 Å². The first-order valence-electron chi connectivity index (χ1n) is 7.76. The van der Waals surface area contributed by atoms with Crippen molar-refractivity contribution in [1.29, 1.82) is 0 Å². The Bertz CT molecular complexity index is 699. The van der Waals surface area contributed by atoms with Crippen LogP contribution in [-0.4, -0.2) is 20.2 Å². The first kappa shape index (κ1) is 15.4. The zero-order valence-electron chi connectivity index (χ0n) is 13.4. The summed E-state index contributed by atoms with van der Waals surface area (Å²) < 4.78 is 15.9. The summed E-state index contributed by atoms with van der Waals surface area (Å²) >= 11 is 0. The normalized spacial score (nSPS) is 13.1. The van der Waals surface area contributed by atoms with Crippen LogP contribution in [0.2, 0.25) is 0 Å². The minimum atomic E-state index is -0.419. The molecular weight excluding hydrogens is 292 g/mol. The Hall–Kier alpha value is -2.49. The SMILES string of the molecule is COc1cc(OC)cc(C(=O)Oc2ccc3c(c2)CCCC3)c1. The van der Waals surface area contributed by atoms with E-state index in [1.54, 1.807) is 32.4 Å². The molecule has 0 fully saturated rings. The molecule has 4 nitrogen and oxygen atoms in total. The summed E-state index contributed by atoms with van der Waals surface area (Å²) in [6.07, 6.45) is 4.58. The van der Waals surface area contributed by atoms with Crippen molar-refractivity contribution in [3.8, 4) is 17.2 Å². The molecule has 0 spiro atoms. The van der Waals surface area contributed by atoms with Gasteiger partial charge in [-0.3, -0.25) is 0 Å². The fourth-order valence-electron chi connectivity index (χ4n) is 2.86. The molecule has 0 saturated heterocycles. The molecular formula is C19H20O4. The Labute approximate surface area is 136 Å². The molecule has 0 bridgehead atoms. The third-order valence-corrected chi connectivity index (χ3v) is 4.12. The van der Waals surface area contributed by atoms with Gasteiger partial charge >= 0.3 is 5.97 Å². The molecule has 2 aromatic rings. The Morgan fingerprint density at radius 1 is 0.826 bits per heavy atom. The van der Waals surface area contributed by atoms with Crippen LogP contribution in [0.4, 0.5) is 0 Å². The number of carbonyl (C=O) groups excluding carboxylic acids is 1. The molecule has 0 radical (unpaired) electrons. The highest BCUT2D eigenvalue weighted by Crippen LogP contribution is 2.27. The highest BCUT2D eigenvalue weighted by molar-refractivity contribution is 5.92. The van der Waals surface area contributed by atoms with Crippen LogP contribution in [0.5, 0.6) is 17.2 Å². The molecule has 1 aliphatic rings. The molecule has 1 aliphatic carbocycles. The van der Waals surface area contributed by atoms with Gasteiger partial charge in [-0.05, 0) is 61.1 Å². The van der Waals surface area contributed by atoms with Crippen molar-refractivity contribution in [2.45, 2.75) is 25.7 Å². The highest BCUT2D eigenvalue weighted by atomic mass is 16.5. The van der Waals surface area contributed by atoms with Gasteiger partial charge in [-0.25, -0.2) is 4.79 Å². The predicted octanol–water partition coefficient (Wildman–Crippen LogP) is 3.80. The number of hydrogen-bond acceptors (Lipinski definition) is 4. The second-order valence-corrected chi connectivity index (χ2v) is 5.63. The van der Waals surface area contributed by atoms with Gasteiger partial charge in [-0.2, -0.15) is 0 Å². The van der Waals surface area contributed by atoms with Crippen LogP contribution in [0.15, 0.2) is 36.4 Å². The number of hydrogen-bond donors (Lipinski definition) is 0. The number of fused-ring (bicyclic) bond motifs is 1. The van der Waals surface area contributed by atoms with Gasteiger partial charge in [-0.15, -0.1) is 0 Å². The van der Waals surface area contributed by atoms with Gasteiger partial charge in [0.25, 0.3) is 0 Å². The number of benzene rings is 2. The van der Waals surface area contributed by atoms with Gasteiger partial charge < -0.3 is 14.2 Å². The number of ether oxygens (including phenoxy) is 3. The average molecular weight is 312 g/mol. The lowest BCUT2D eigenvalue weighted by Crippen LogP contribution is -2.10. The van der Waals surface area contributed by atoms with Gasteiger partial charge in [0.05, 0.1) is 19.8 Å². The fourth-order valence-corrected chi connectivity index (χ4v) is 2.86. The first-order chi connectivity index (χ1) is 11.2. The van der Waals surface area contributed by atoms with E-state index in [0.717, 1.165) is 12.8 Å². The average Bonchev–Trinajstić information content (AvgIpc) is 2.61. The molecule has 4 heteroatoms. The van der Waals surface area contributed by atoms with E-state index in [1.165, 1.54) is 24.0 Å². The van der Waals surface area contributed by atoms with Crippen LogP contribution in [-0.2, 0) is 12.8 Å². The first-order valence-corrected chi connectivity index (χ1v) is 7.76. The third kappa shape index (κ3) is 3.47. The molecule has 0 N–H and O–H groups in total. The van der Waals surface area contributed by atoms with Gasteiger partial charge in [0.1, 0.15) is 17.2 Å². The summed E-state index contributed by atoms with van der Waals surface area (Å²) in [4.78, 5) is 12.4. The summed E-state index contributed by atoms with van der Waals surface area (Å²) in [7, 11) is 3.10. The maximum atomic E-state index is 12.4. The second-order valence-electron chi connectivity index (χ2n) is 5.63. The van der Waals surface area contributed by atoms with Crippen LogP contribution in [0.25, 0.3) is 0 Å². The lowest BCUT2D eigenvalue weighted by atomic mass is 9.92. The van der Waals surface area contributed by atoms with Gasteiger partial charge in [-0.1, -0.05) is 6.07 Å². The molecule has 3 rings (SSSR count). The van der Waals surface area contributed by atoms with Crippen molar-refractivity contribution < 1.29 is 19.0 Å². The standard InChI is InChI=1S/C19H20O4/c1-21-17-10-15(11-18(12-17)22-2)19(20)23-16-8-7-13-5-3-4-6-14(13)9-16/h7-12H,3-6H2,1-2H3. The van der Waals surface area contributed by atoms with Gasteiger partial charge in [0.2, 0.25) is 0 Å². The molecule has 0 saturated carbocycles. The minimum absolute atomic E-state index is 0.402. The highest BCUT2D eigenvalue weighted by Gasteiger charge is 2.15. The molecule has 0 aromatic heterocycles. The van der Waals surface area contributed by atoms with Crippen LogP contribution in [0.1, 0.15) is 34.3 Å². The summed E-state index contributed by atoms with van der Waals surface area (Å²) in [5.74, 6) is 1.28. The van der Waals surface area contributed by atoms with Crippen molar-refractivity contribution in [2.24, 2.45) is 0 Å². The quantitative estimate of drug-likeness (QED) is 0.636. The van der Waals surface area contributed by atoms with E-state index >= 15 is 0 Å². The molecule has 0 atom stereocenters. The van der Waals surface area contributed by atoms with E-state index in [2.05, 4.69) is 6.07 Å². The summed E-state index contributed by atoms with van der Waals surface area (Å²) in [6, 6.07) is 10.9. The van der Waals surface area contributed by atoms with E-state index in [9.17, 15) is 4.79 Å². The van der Waals surface area contributed by atoms with E-state index in [4.69, 9.17) is 14.2 Å². The van der Waals surface area contributed by atoms with Crippen molar-refractivity contribution in [3.05, 3.63) is 53.1 Å². The summed E-state index contributed by atoms with van der Waals surface area (Å²) in [5, 5.41) is 0. The minimum Gasteiger partial charge on any atom is -0.497 e. The van der Waals surface area contributed by atoms with Crippen molar-refractivity contribution in [1.82, 2.24) is 0 Å². The molecule has 0 unspecified atom stereocenters. The smallest absolute Gasteiger partial charge is 0.343 e. The summed E-state index contributed by atoms with van der Waals surface area (Å²) in [5.41, 5.74) is 3.04. The lowest BCUT2D eigenvalue weighted by molar-refractivity contribution is 0.0734. The summed E-state index contributed by atoms with van der Waals surface area (Å²) in [6.45, 7) is 0. The van der Waals surface area contributed by atoms with Crippen LogP contribution in [0, 0.1) is 0 Å². The fraction of sp³-hybridized carbons (Fsp3) is 0.316. The van der Waals surface area contributed by atoms with Crippen molar-refractivity contribution in [3.63, 3.8) is 0 Å². The van der Waals surface area contributed by atoms with Gasteiger partial charge in [0.15, 0.2) is 0 Å². The van der Waals surface area contributed by atoms with Crippen molar-refractivity contribution >= 4 is 5.97 Å². The van der Waals surface area contributed by atoms with E-state index in [0.29, 0.717) is 22.8 Å². The Morgan fingerprint density at radius 3 is 2.13 bits per heavy atom.